The van der Waals surface area contributed by atoms with E-state index in [0.29, 0.717) is 16.7 Å². The lowest BCUT2D eigenvalue weighted by Crippen LogP contribution is -2.09. The number of nitrogens with zero attached hydrogens (tertiary/aromatic N) is 3. The third-order valence-corrected chi connectivity index (χ3v) is 3.34. The van der Waals surface area contributed by atoms with Crippen LogP contribution in [0.5, 0.6) is 0 Å². The van der Waals surface area contributed by atoms with Gasteiger partial charge in [0.15, 0.2) is 11.0 Å². The number of benzene rings is 1. The van der Waals surface area contributed by atoms with E-state index in [9.17, 15) is 0 Å². The molecule has 3 rings (SSSR count). The second-order valence-corrected chi connectivity index (χ2v) is 4.77. The minimum Gasteiger partial charge on any atom is -0.397 e. The van der Waals surface area contributed by atoms with Gasteiger partial charge < -0.3 is 15.6 Å². The summed E-state index contributed by atoms with van der Waals surface area (Å²) in [4.78, 5) is 0. The second kappa shape index (κ2) is 4.52. The fraction of sp³-hybridized carbons (Fsp3) is 0.308. The highest BCUT2D eigenvalue weighted by Crippen LogP contribution is 2.30. The van der Waals surface area contributed by atoms with Gasteiger partial charge in [0.25, 0.3) is 0 Å². The smallest absolute Gasteiger partial charge is 0.160 e. The lowest BCUT2D eigenvalue weighted by atomic mass is 10.1. The van der Waals surface area contributed by atoms with E-state index in [-0.39, 0.29) is 6.04 Å². The summed E-state index contributed by atoms with van der Waals surface area (Å²) in [6, 6.07) is 3.65. The molecule has 0 bridgehead atoms. The highest BCUT2D eigenvalue weighted by Gasteiger charge is 2.18. The molecular weight excluding hydrogens is 258 g/mol. The molecule has 3 N–H and O–H groups in total. The third kappa shape index (κ3) is 1.87. The fourth-order valence-electron chi connectivity index (χ4n) is 2.42. The van der Waals surface area contributed by atoms with Crippen LogP contribution in [-0.2, 0) is 0 Å². The van der Waals surface area contributed by atoms with Crippen LogP contribution < -0.4 is 11.1 Å². The van der Waals surface area contributed by atoms with Crippen LogP contribution in [-0.4, -0.2) is 15.5 Å². The maximum atomic E-state index is 5.83. The number of fused-ring (bicyclic) bond motifs is 1. The summed E-state index contributed by atoms with van der Waals surface area (Å²) >= 11 is 0. The molecule has 7 nitrogen and oxygen atoms in total. The van der Waals surface area contributed by atoms with Crippen LogP contribution in [0.2, 0.25) is 0 Å². The first-order valence-electron chi connectivity index (χ1n) is 6.28. The third-order valence-electron chi connectivity index (χ3n) is 3.34. The number of nitrogens with one attached hydrogen (secondary N) is 1. The Labute approximate surface area is 115 Å². The van der Waals surface area contributed by atoms with Crippen molar-refractivity contribution in [1.82, 2.24) is 15.5 Å². The zero-order chi connectivity index (χ0) is 14.3. The Kier molecular flexibility index (Phi) is 2.81. The summed E-state index contributed by atoms with van der Waals surface area (Å²) in [5.74, 6) is 0.799. The Bertz CT molecular complexity index is 742. The Morgan fingerprint density at radius 3 is 2.60 bits per heavy atom. The SMILES string of the molecule is Cc1noc(C)c1C(C)Nc1ccc(N)c2nonc12. The quantitative estimate of drug-likeness (QED) is 0.707. The molecule has 0 aliphatic heterocycles. The highest BCUT2D eigenvalue weighted by molar-refractivity contribution is 5.95. The minimum atomic E-state index is 0.0183. The molecule has 0 saturated carbocycles. The van der Waals surface area contributed by atoms with Crippen molar-refractivity contribution in [2.45, 2.75) is 26.8 Å². The van der Waals surface area contributed by atoms with Gasteiger partial charge in [-0.1, -0.05) is 5.16 Å². The van der Waals surface area contributed by atoms with E-state index in [1.54, 1.807) is 6.07 Å². The van der Waals surface area contributed by atoms with E-state index in [4.69, 9.17) is 14.9 Å². The maximum absolute atomic E-state index is 5.83. The van der Waals surface area contributed by atoms with Gasteiger partial charge in [-0.15, -0.1) is 0 Å². The van der Waals surface area contributed by atoms with Crippen LogP contribution in [0.4, 0.5) is 11.4 Å². The first-order chi connectivity index (χ1) is 9.58. The van der Waals surface area contributed by atoms with Crippen molar-refractivity contribution in [3.05, 3.63) is 29.2 Å². The molecule has 0 saturated heterocycles. The van der Waals surface area contributed by atoms with Gasteiger partial charge in [0.2, 0.25) is 0 Å². The number of anilines is 2. The van der Waals surface area contributed by atoms with Crippen LogP contribution >= 0.6 is 0 Å². The largest absolute Gasteiger partial charge is 0.397 e. The molecule has 1 unspecified atom stereocenters. The van der Waals surface area contributed by atoms with E-state index in [1.165, 1.54) is 0 Å². The Hall–Kier alpha value is -2.57. The average Bonchev–Trinajstić information content (AvgIpc) is 3.01. The van der Waals surface area contributed by atoms with E-state index >= 15 is 0 Å². The summed E-state index contributed by atoms with van der Waals surface area (Å²) in [7, 11) is 0. The van der Waals surface area contributed by atoms with Gasteiger partial charge in [0.1, 0.15) is 5.76 Å². The maximum Gasteiger partial charge on any atom is 0.160 e. The van der Waals surface area contributed by atoms with Crippen LogP contribution in [0.1, 0.15) is 30.0 Å². The molecule has 3 aromatic rings. The monoisotopic (exact) mass is 273 g/mol. The minimum absolute atomic E-state index is 0.0183. The molecule has 1 aromatic carbocycles. The van der Waals surface area contributed by atoms with Gasteiger partial charge >= 0.3 is 0 Å². The highest BCUT2D eigenvalue weighted by atomic mass is 16.6. The molecule has 0 amide bonds. The number of aromatic nitrogens is 3. The topological polar surface area (TPSA) is 103 Å². The molecule has 0 aliphatic carbocycles. The summed E-state index contributed by atoms with van der Waals surface area (Å²) in [6.45, 7) is 5.84. The van der Waals surface area contributed by atoms with E-state index < -0.39 is 0 Å². The molecule has 0 radical (unpaired) electrons. The van der Waals surface area contributed by atoms with Gasteiger partial charge in [-0.3, -0.25) is 0 Å². The van der Waals surface area contributed by atoms with Crippen molar-refractivity contribution in [3.8, 4) is 0 Å². The van der Waals surface area contributed by atoms with Crippen LogP contribution in [0.25, 0.3) is 11.0 Å². The average molecular weight is 273 g/mol. The first-order valence-corrected chi connectivity index (χ1v) is 6.28. The molecule has 0 fully saturated rings. The van der Waals surface area contributed by atoms with E-state index in [2.05, 4.69) is 20.8 Å². The van der Waals surface area contributed by atoms with Crippen molar-refractivity contribution in [2.75, 3.05) is 11.1 Å². The lowest BCUT2D eigenvalue weighted by molar-refractivity contribution is 0.315. The van der Waals surface area contributed by atoms with Gasteiger partial charge in [0.05, 0.1) is 23.1 Å². The van der Waals surface area contributed by atoms with Gasteiger partial charge in [-0.05, 0) is 43.2 Å². The number of nitrogens with two attached hydrogens (primary N) is 1. The predicted octanol–water partition coefficient (Wildman–Crippen LogP) is 2.58. The number of aryl methyl sites for hydroxylation is 2. The van der Waals surface area contributed by atoms with Crippen molar-refractivity contribution >= 4 is 22.4 Å². The van der Waals surface area contributed by atoms with Gasteiger partial charge in [-0.25, -0.2) is 4.63 Å². The summed E-state index contributed by atoms with van der Waals surface area (Å²) in [5, 5.41) is 15.0. The lowest BCUT2D eigenvalue weighted by Gasteiger charge is -2.15. The zero-order valence-electron chi connectivity index (χ0n) is 11.5. The summed E-state index contributed by atoms with van der Waals surface area (Å²) < 4.78 is 9.94. The molecule has 0 spiro atoms. The standard InChI is InChI=1S/C13H15N5O2/c1-6(11-7(2)16-19-8(11)3)15-10-5-4-9(14)12-13(10)18-20-17-12/h4-6,15H,14H2,1-3H3. The molecule has 2 heterocycles. The normalized spacial score (nSPS) is 12.8. The van der Waals surface area contributed by atoms with Crippen molar-refractivity contribution in [2.24, 2.45) is 0 Å². The summed E-state index contributed by atoms with van der Waals surface area (Å²) in [5.41, 5.74) is 10.2. The number of hydrogen-bond acceptors (Lipinski definition) is 7. The van der Waals surface area contributed by atoms with Crippen LogP contribution in [0.15, 0.2) is 21.3 Å². The first kappa shape index (κ1) is 12.5. The molecular formula is C13H15N5O2. The molecule has 2 aromatic heterocycles. The van der Waals surface area contributed by atoms with Crippen molar-refractivity contribution in [1.29, 1.82) is 0 Å². The second-order valence-electron chi connectivity index (χ2n) is 4.77. The summed E-state index contributed by atoms with van der Waals surface area (Å²) in [6.07, 6.45) is 0. The molecule has 0 aliphatic rings. The molecule has 104 valence electrons. The Balaban J connectivity index is 1.98. The van der Waals surface area contributed by atoms with Crippen LogP contribution in [0, 0.1) is 13.8 Å². The Morgan fingerprint density at radius 1 is 1.15 bits per heavy atom. The molecule has 20 heavy (non-hydrogen) atoms. The van der Waals surface area contributed by atoms with E-state index in [0.717, 1.165) is 22.7 Å². The zero-order valence-corrected chi connectivity index (χ0v) is 11.5. The Morgan fingerprint density at radius 2 is 1.90 bits per heavy atom. The number of rotatable bonds is 3. The van der Waals surface area contributed by atoms with Gasteiger partial charge in [0, 0.05) is 5.56 Å². The van der Waals surface area contributed by atoms with Crippen molar-refractivity contribution in [3.63, 3.8) is 0 Å². The van der Waals surface area contributed by atoms with Crippen molar-refractivity contribution < 1.29 is 9.15 Å². The fourth-order valence-corrected chi connectivity index (χ4v) is 2.42. The molecule has 7 heteroatoms. The van der Waals surface area contributed by atoms with Crippen LogP contribution in [0.3, 0.4) is 0 Å². The number of hydrogen-bond donors (Lipinski definition) is 2. The molecule has 1 atom stereocenters. The van der Waals surface area contributed by atoms with E-state index in [1.807, 2.05) is 26.8 Å². The number of nitrogen functional groups attached to an aromatic ring is 1. The predicted molar refractivity (Wildman–Crippen MR) is 74.2 cm³/mol. The van der Waals surface area contributed by atoms with Gasteiger partial charge in [-0.2, -0.15) is 0 Å².